The summed E-state index contributed by atoms with van der Waals surface area (Å²) in [5, 5.41) is 2.47. The maximum absolute atomic E-state index is 4.87. The van der Waals surface area contributed by atoms with E-state index in [9.17, 15) is 0 Å². The second-order valence-corrected chi connectivity index (χ2v) is 10.9. The van der Waals surface area contributed by atoms with E-state index in [4.69, 9.17) is 9.97 Å². The van der Waals surface area contributed by atoms with Crippen molar-refractivity contribution in [3.05, 3.63) is 133 Å². The Morgan fingerprint density at radius 1 is 0.429 bits per heavy atom. The number of hydrogen-bond acceptors (Lipinski definition) is 2. The Hall–Kier alpha value is -5.48. The molecular weight excluding hydrogens is 512 g/mol. The van der Waals surface area contributed by atoms with E-state index in [0.29, 0.717) is 0 Å². The third kappa shape index (κ3) is 3.92. The van der Waals surface area contributed by atoms with Crippen LogP contribution in [0.5, 0.6) is 0 Å². The summed E-state index contributed by atoms with van der Waals surface area (Å²) in [5.74, 6) is 1.96. The molecule has 2 aromatic heterocycles. The Morgan fingerprint density at radius 3 is 1.50 bits per heavy atom. The Bertz CT molecular complexity index is 2250. The Morgan fingerprint density at radius 2 is 0.929 bits per heavy atom. The molecule has 0 saturated carbocycles. The highest BCUT2D eigenvalue weighted by Gasteiger charge is 2.12. The number of aryl methyl sites for hydroxylation is 2. The largest absolute Gasteiger partial charge is 0.327 e. The highest BCUT2D eigenvalue weighted by atomic mass is 15.1. The van der Waals surface area contributed by atoms with Crippen molar-refractivity contribution < 1.29 is 0 Å². The molecule has 0 fully saturated rings. The maximum Gasteiger partial charge on any atom is 0.140 e. The van der Waals surface area contributed by atoms with Crippen molar-refractivity contribution in [2.45, 2.75) is 0 Å². The fourth-order valence-electron chi connectivity index (χ4n) is 6.13. The number of fused-ring (bicyclic) bond motifs is 3. The summed E-state index contributed by atoms with van der Waals surface area (Å²) in [4.78, 5) is 9.73. The summed E-state index contributed by atoms with van der Waals surface area (Å²) >= 11 is 0. The molecular formula is C38H28N4. The molecule has 0 amide bonds. The van der Waals surface area contributed by atoms with Crippen molar-refractivity contribution >= 4 is 32.8 Å². The van der Waals surface area contributed by atoms with Crippen LogP contribution in [-0.2, 0) is 14.1 Å². The van der Waals surface area contributed by atoms with E-state index in [1.54, 1.807) is 0 Å². The Labute approximate surface area is 244 Å². The summed E-state index contributed by atoms with van der Waals surface area (Å²) in [7, 11) is 4.16. The van der Waals surface area contributed by atoms with Crippen LogP contribution >= 0.6 is 0 Å². The summed E-state index contributed by atoms with van der Waals surface area (Å²) in [6, 6.07) is 47.3. The van der Waals surface area contributed by atoms with Gasteiger partial charge in [0.2, 0.25) is 0 Å². The average molecular weight is 541 g/mol. The molecule has 0 spiro atoms. The van der Waals surface area contributed by atoms with Crippen LogP contribution in [0.15, 0.2) is 133 Å². The fraction of sp³-hybridized carbons (Fsp3) is 0.0526. The molecule has 8 aromatic rings. The number of rotatable bonds is 4. The van der Waals surface area contributed by atoms with Crippen molar-refractivity contribution in [3.63, 3.8) is 0 Å². The lowest BCUT2D eigenvalue weighted by Gasteiger charge is -2.11. The quantitative estimate of drug-likeness (QED) is 0.223. The standard InChI is InChI=1S/C38H28N4/c1-41-35-12-5-3-10-33(35)39-37(41)27-18-14-25(15-19-27)29-22-23-32-30(24-29)8-7-9-31(32)26-16-20-28(21-17-26)38-40-34-11-4-6-13-36(34)42(38)2/h3-24H,1-2H3. The number of hydrogen-bond donors (Lipinski definition) is 0. The van der Waals surface area contributed by atoms with Crippen molar-refractivity contribution in [1.82, 2.24) is 19.1 Å². The zero-order chi connectivity index (χ0) is 28.2. The number of para-hydroxylation sites is 4. The van der Waals surface area contributed by atoms with E-state index in [1.807, 2.05) is 12.1 Å². The van der Waals surface area contributed by atoms with E-state index in [2.05, 4.69) is 145 Å². The van der Waals surface area contributed by atoms with Crippen molar-refractivity contribution in [2.24, 2.45) is 14.1 Å². The molecule has 0 atom stereocenters. The smallest absolute Gasteiger partial charge is 0.140 e. The van der Waals surface area contributed by atoms with Gasteiger partial charge in [0.15, 0.2) is 0 Å². The van der Waals surface area contributed by atoms with E-state index in [-0.39, 0.29) is 0 Å². The molecule has 2 heterocycles. The van der Waals surface area contributed by atoms with Crippen molar-refractivity contribution in [1.29, 1.82) is 0 Å². The van der Waals surface area contributed by atoms with Gasteiger partial charge in [0, 0.05) is 25.2 Å². The minimum absolute atomic E-state index is 0.979. The van der Waals surface area contributed by atoms with Crippen LogP contribution in [0.4, 0.5) is 0 Å². The first kappa shape index (κ1) is 24.3. The molecule has 4 nitrogen and oxygen atoms in total. The Balaban J connectivity index is 1.11. The second kappa shape index (κ2) is 9.57. The summed E-state index contributed by atoms with van der Waals surface area (Å²) < 4.78 is 4.32. The third-order valence-electron chi connectivity index (χ3n) is 8.39. The van der Waals surface area contributed by atoms with Gasteiger partial charge in [0.25, 0.3) is 0 Å². The van der Waals surface area contributed by atoms with Crippen LogP contribution in [0.2, 0.25) is 0 Å². The molecule has 0 unspecified atom stereocenters. The molecule has 8 rings (SSSR count). The molecule has 0 saturated heterocycles. The lowest BCUT2D eigenvalue weighted by Crippen LogP contribution is -1.92. The fourth-order valence-corrected chi connectivity index (χ4v) is 6.13. The van der Waals surface area contributed by atoms with Gasteiger partial charge in [-0.15, -0.1) is 0 Å². The van der Waals surface area contributed by atoms with Gasteiger partial charge in [-0.05, 0) is 63.4 Å². The van der Waals surface area contributed by atoms with Crippen LogP contribution in [0.3, 0.4) is 0 Å². The molecule has 0 aliphatic rings. The topological polar surface area (TPSA) is 35.6 Å². The van der Waals surface area contributed by atoms with Crippen molar-refractivity contribution in [3.8, 4) is 45.0 Å². The van der Waals surface area contributed by atoms with E-state index >= 15 is 0 Å². The first-order valence-corrected chi connectivity index (χ1v) is 14.2. The van der Waals surface area contributed by atoms with Crippen molar-refractivity contribution in [2.75, 3.05) is 0 Å². The first-order valence-electron chi connectivity index (χ1n) is 14.2. The van der Waals surface area contributed by atoms with E-state index in [0.717, 1.165) is 44.8 Å². The molecule has 42 heavy (non-hydrogen) atoms. The van der Waals surface area contributed by atoms with Crippen LogP contribution in [0.25, 0.3) is 77.9 Å². The minimum Gasteiger partial charge on any atom is -0.327 e. The van der Waals surface area contributed by atoms with Gasteiger partial charge >= 0.3 is 0 Å². The molecule has 4 heteroatoms. The number of nitrogens with zero attached hydrogens (tertiary/aromatic N) is 4. The average Bonchev–Trinajstić information content (AvgIpc) is 3.57. The second-order valence-electron chi connectivity index (χ2n) is 10.9. The molecule has 0 bridgehead atoms. The van der Waals surface area contributed by atoms with Gasteiger partial charge in [0.05, 0.1) is 22.1 Å². The molecule has 0 radical (unpaired) electrons. The molecule has 0 aliphatic carbocycles. The molecule has 0 aliphatic heterocycles. The monoisotopic (exact) mass is 540 g/mol. The maximum atomic E-state index is 4.87. The highest BCUT2D eigenvalue weighted by molar-refractivity contribution is 5.99. The lowest BCUT2D eigenvalue weighted by atomic mass is 9.94. The van der Waals surface area contributed by atoms with Gasteiger partial charge in [-0.1, -0.05) is 103 Å². The number of benzene rings is 6. The third-order valence-corrected chi connectivity index (χ3v) is 8.39. The molecule has 0 N–H and O–H groups in total. The molecule has 6 aromatic carbocycles. The lowest BCUT2D eigenvalue weighted by molar-refractivity contribution is 0.959. The summed E-state index contributed by atoms with van der Waals surface area (Å²) in [6.45, 7) is 0. The van der Waals surface area contributed by atoms with Gasteiger partial charge < -0.3 is 9.13 Å². The van der Waals surface area contributed by atoms with Crippen LogP contribution in [-0.4, -0.2) is 19.1 Å². The van der Waals surface area contributed by atoms with Crippen LogP contribution < -0.4 is 0 Å². The highest BCUT2D eigenvalue weighted by Crippen LogP contribution is 2.34. The van der Waals surface area contributed by atoms with Gasteiger partial charge in [-0.2, -0.15) is 0 Å². The predicted octanol–water partition coefficient (Wildman–Crippen LogP) is 9.28. The Kier molecular flexibility index (Phi) is 5.54. The van der Waals surface area contributed by atoms with Gasteiger partial charge in [-0.3, -0.25) is 0 Å². The van der Waals surface area contributed by atoms with Gasteiger partial charge in [-0.25, -0.2) is 9.97 Å². The minimum atomic E-state index is 0.979. The van der Waals surface area contributed by atoms with E-state index in [1.165, 1.54) is 33.0 Å². The summed E-state index contributed by atoms with van der Waals surface area (Å²) in [6.07, 6.45) is 0. The van der Waals surface area contributed by atoms with Crippen LogP contribution in [0.1, 0.15) is 0 Å². The SMILES string of the molecule is Cn1c(-c2ccc(-c3ccc4c(-c5ccc(-c6nc7ccccc7n6C)cc5)cccc4c3)cc2)nc2ccccc21. The predicted molar refractivity (Wildman–Crippen MR) is 174 cm³/mol. The zero-order valence-electron chi connectivity index (χ0n) is 23.5. The van der Waals surface area contributed by atoms with E-state index < -0.39 is 0 Å². The first-order chi connectivity index (χ1) is 20.6. The zero-order valence-corrected chi connectivity index (χ0v) is 23.5. The number of aromatic nitrogens is 4. The molecule has 200 valence electrons. The summed E-state index contributed by atoms with van der Waals surface area (Å²) in [5.41, 5.74) is 11.4. The van der Waals surface area contributed by atoms with Gasteiger partial charge in [0.1, 0.15) is 11.6 Å². The normalized spacial score (nSPS) is 11.6. The number of imidazole rings is 2. The van der Waals surface area contributed by atoms with Crippen LogP contribution in [0, 0.1) is 0 Å².